The summed E-state index contributed by atoms with van der Waals surface area (Å²) in [6, 6.07) is 3.95. The van der Waals surface area contributed by atoms with Crippen molar-refractivity contribution in [3.05, 3.63) is 42.0 Å². The molecule has 57 heavy (non-hydrogen) atoms. The van der Waals surface area contributed by atoms with Gasteiger partial charge in [-0.15, -0.1) is 0 Å². The van der Waals surface area contributed by atoms with Gasteiger partial charge in [0.25, 0.3) is 0 Å². The molecule has 4 aliphatic carbocycles. The zero-order valence-corrected chi connectivity index (χ0v) is 32.2. The summed E-state index contributed by atoms with van der Waals surface area (Å²) >= 11 is 0. The molecular formula is C41H56O16. The number of aliphatic hydroxyl groups excluding tert-OH is 7. The third-order valence-corrected chi connectivity index (χ3v) is 14.5. The number of aromatic hydroxyl groups is 2. The van der Waals surface area contributed by atoms with Crippen LogP contribution in [-0.4, -0.2) is 138 Å². The molecule has 16 heteroatoms. The number of rotatable bonds is 9. The van der Waals surface area contributed by atoms with E-state index >= 15 is 0 Å². The number of hydrogen-bond acceptors (Lipinski definition) is 16. The summed E-state index contributed by atoms with van der Waals surface area (Å²) in [5, 5.41) is 92.7. The minimum atomic E-state index is -1.79. The van der Waals surface area contributed by atoms with Crippen molar-refractivity contribution in [2.75, 3.05) is 13.2 Å². The zero-order valence-electron chi connectivity index (χ0n) is 32.2. The van der Waals surface area contributed by atoms with Gasteiger partial charge in [0.15, 0.2) is 17.8 Å². The lowest BCUT2D eigenvalue weighted by atomic mass is 9.41. The van der Waals surface area contributed by atoms with Crippen LogP contribution in [0.2, 0.25) is 0 Å². The first kappa shape index (κ1) is 42.0. The molecule has 16 nitrogen and oxygen atoms in total. The monoisotopic (exact) mass is 804 g/mol. The van der Waals surface area contributed by atoms with Crippen LogP contribution in [0.25, 0.3) is 6.08 Å². The van der Waals surface area contributed by atoms with Crippen LogP contribution in [0.3, 0.4) is 0 Å². The summed E-state index contributed by atoms with van der Waals surface area (Å²) < 4.78 is 29.1. The molecule has 1 aromatic carbocycles. The molecule has 316 valence electrons. The van der Waals surface area contributed by atoms with Crippen LogP contribution < -0.4 is 0 Å². The van der Waals surface area contributed by atoms with Gasteiger partial charge in [-0.05, 0) is 110 Å². The SMILES string of the molecule is C=C1CC23CCC4C(C)(C(=O)OC5OC(COC(=O)C=Cc6ccc(O)c(O)c6)C(O)C(O)C5O)CCCC4(C)C2CCC1(OC1OC(CO)C(O)C(O)C1O)C3. The number of carbonyl (C=O) groups excluding carboxylic acids is 2. The molecule has 2 heterocycles. The summed E-state index contributed by atoms with van der Waals surface area (Å²) in [6.07, 6.45) is -6.74. The van der Waals surface area contributed by atoms with Crippen LogP contribution in [-0.2, 0) is 33.3 Å². The Kier molecular flexibility index (Phi) is 11.4. The lowest BCUT2D eigenvalue weighted by Crippen LogP contribution is -2.63. The van der Waals surface area contributed by atoms with Gasteiger partial charge in [0.1, 0.15) is 55.4 Å². The van der Waals surface area contributed by atoms with Gasteiger partial charge in [-0.3, -0.25) is 4.79 Å². The van der Waals surface area contributed by atoms with Crippen LogP contribution in [0.15, 0.2) is 36.4 Å². The van der Waals surface area contributed by atoms with Crippen LogP contribution in [0, 0.1) is 28.1 Å². The lowest BCUT2D eigenvalue weighted by molar-refractivity contribution is -0.327. The third-order valence-electron chi connectivity index (χ3n) is 14.5. The van der Waals surface area contributed by atoms with E-state index in [0.29, 0.717) is 37.7 Å². The van der Waals surface area contributed by atoms with E-state index in [2.05, 4.69) is 13.5 Å². The molecule has 4 saturated carbocycles. The van der Waals surface area contributed by atoms with Crippen molar-refractivity contribution in [3.8, 4) is 11.5 Å². The fourth-order valence-corrected chi connectivity index (χ4v) is 11.6. The highest BCUT2D eigenvalue weighted by Gasteiger charge is 2.69. The normalized spacial score (nSPS) is 45.6. The molecule has 9 N–H and O–H groups in total. The van der Waals surface area contributed by atoms with Crippen LogP contribution in [0.1, 0.15) is 77.2 Å². The van der Waals surface area contributed by atoms with Gasteiger partial charge in [0, 0.05) is 6.08 Å². The van der Waals surface area contributed by atoms with Gasteiger partial charge < -0.3 is 69.6 Å². The molecule has 1 spiro atoms. The van der Waals surface area contributed by atoms with Crippen molar-refractivity contribution in [2.24, 2.45) is 28.1 Å². The first-order valence-corrected chi connectivity index (χ1v) is 19.8. The molecule has 1 aromatic rings. The Morgan fingerprint density at radius 2 is 1.51 bits per heavy atom. The minimum absolute atomic E-state index is 0.120. The Bertz CT molecular complexity index is 1730. The first-order chi connectivity index (χ1) is 26.9. The average molecular weight is 805 g/mol. The van der Waals surface area contributed by atoms with Gasteiger partial charge >= 0.3 is 11.9 Å². The van der Waals surface area contributed by atoms with Crippen molar-refractivity contribution < 1.29 is 79.2 Å². The van der Waals surface area contributed by atoms with Gasteiger partial charge in [-0.25, -0.2) is 4.79 Å². The molecule has 2 bridgehead atoms. The molecule has 7 rings (SSSR count). The third kappa shape index (κ3) is 7.19. The number of phenolic OH excluding ortho intramolecular Hbond substituents is 2. The second-order valence-corrected chi connectivity index (χ2v) is 17.7. The summed E-state index contributed by atoms with van der Waals surface area (Å²) in [5.74, 6) is -2.10. The lowest BCUT2D eigenvalue weighted by Gasteiger charge is -2.64. The van der Waals surface area contributed by atoms with Crippen molar-refractivity contribution in [1.82, 2.24) is 0 Å². The standard InChI is InChI=1S/C41H56O16/c1-20-16-40-13-9-26-38(2,27(40)10-14-41(20,19-40)57-36-34(51)31(48)29(46)24(17-42)54-36)11-4-12-39(26,3)37(52)56-35-33(50)32(49)30(47)25(55-35)18-53-28(45)8-6-21-5-7-22(43)23(44)15-21/h5-8,15,24-27,29-36,42-44,46-51H,1,4,9-14,16-19H2,2-3H3. The number of hydrogen-bond donors (Lipinski definition) is 9. The number of carbonyl (C=O) groups is 2. The number of phenols is 2. The van der Waals surface area contributed by atoms with E-state index in [9.17, 15) is 55.5 Å². The maximum absolute atomic E-state index is 14.3. The van der Waals surface area contributed by atoms with E-state index < -0.39 is 97.6 Å². The predicted octanol–water partition coefficient (Wildman–Crippen LogP) is 0.913. The molecular weight excluding hydrogens is 748 g/mol. The average Bonchev–Trinajstić information content (AvgIpc) is 3.37. The molecule has 6 aliphatic rings. The van der Waals surface area contributed by atoms with Crippen molar-refractivity contribution in [1.29, 1.82) is 0 Å². The fourth-order valence-electron chi connectivity index (χ4n) is 11.6. The Balaban J connectivity index is 1.02. The highest BCUT2D eigenvalue weighted by Crippen LogP contribution is 2.73. The van der Waals surface area contributed by atoms with Crippen molar-refractivity contribution in [3.63, 3.8) is 0 Å². The number of benzene rings is 1. The molecule has 0 radical (unpaired) electrons. The maximum atomic E-state index is 14.3. The van der Waals surface area contributed by atoms with E-state index in [1.807, 2.05) is 6.92 Å². The van der Waals surface area contributed by atoms with Gasteiger partial charge in [-0.2, -0.15) is 0 Å². The van der Waals surface area contributed by atoms with E-state index in [-0.39, 0.29) is 34.2 Å². The van der Waals surface area contributed by atoms with Gasteiger partial charge in [-0.1, -0.05) is 26.0 Å². The summed E-state index contributed by atoms with van der Waals surface area (Å²) in [7, 11) is 0. The second kappa shape index (κ2) is 15.5. The van der Waals surface area contributed by atoms with E-state index in [0.717, 1.165) is 37.3 Å². The number of esters is 2. The molecule has 2 saturated heterocycles. The quantitative estimate of drug-likeness (QED) is 0.0553. The highest BCUT2D eigenvalue weighted by atomic mass is 16.7. The Labute approximate surface area is 330 Å². The summed E-state index contributed by atoms with van der Waals surface area (Å²) in [4.78, 5) is 26.8. The number of aliphatic hydroxyl groups is 7. The maximum Gasteiger partial charge on any atom is 0.330 e. The number of ether oxygens (including phenoxy) is 5. The smallest absolute Gasteiger partial charge is 0.330 e. The van der Waals surface area contributed by atoms with E-state index in [4.69, 9.17) is 23.7 Å². The molecule has 16 unspecified atom stereocenters. The molecule has 0 amide bonds. The second-order valence-electron chi connectivity index (χ2n) is 17.7. The zero-order chi connectivity index (χ0) is 41.2. The minimum Gasteiger partial charge on any atom is -0.504 e. The fraction of sp³-hybridized carbons (Fsp3) is 0.707. The van der Waals surface area contributed by atoms with Gasteiger partial charge in [0.2, 0.25) is 6.29 Å². The van der Waals surface area contributed by atoms with E-state index in [1.54, 1.807) is 0 Å². The topological polar surface area (TPSA) is 262 Å². The predicted molar refractivity (Wildman–Crippen MR) is 196 cm³/mol. The molecule has 0 aromatic heterocycles. The molecule has 16 atom stereocenters. The Morgan fingerprint density at radius 1 is 0.842 bits per heavy atom. The molecule has 2 aliphatic heterocycles. The van der Waals surface area contributed by atoms with Crippen molar-refractivity contribution >= 4 is 18.0 Å². The van der Waals surface area contributed by atoms with Crippen LogP contribution in [0.5, 0.6) is 11.5 Å². The summed E-state index contributed by atoms with van der Waals surface area (Å²) in [6.45, 7) is 7.42. The van der Waals surface area contributed by atoms with Crippen molar-refractivity contribution in [2.45, 2.75) is 139 Å². The Morgan fingerprint density at radius 3 is 2.21 bits per heavy atom. The molecule has 6 fully saturated rings. The summed E-state index contributed by atoms with van der Waals surface area (Å²) in [5.41, 5.74) is -1.11. The first-order valence-electron chi connectivity index (χ1n) is 19.8. The van der Waals surface area contributed by atoms with E-state index in [1.165, 1.54) is 24.3 Å². The largest absolute Gasteiger partial charge is 0.504 e. The Hall–Kier alpha value is -3.16. The highest BCUT2D eigenvalue weighted by molar-refractivity contribution is 5.87. The van der Waals surface area contributed by atoms with Gasteiger partial charge in [0.05, 0.1) is 17.6 Å². The van der Waals surface area contributed by atoms with Crippen LogP contribution in [0.4, 0.5) is 0 Å². The number of fused-ring (bicyclic) bond motifs is 3. The van der Waals surface area contributed by atoms with Crippen LogP contribution >= 0.6 is 0 Å².